The Morgan fingerprint density at radius 1 is 1.29 bits per heavy atom. The van der Waals surface area contributed by atoms with Gasteiger partial charge in [0.05, 0.1) is 0 Å². The number of hydrogen-bond acceptors (Lipinski definition) is 3. The zero-order valence-corrected chi connectivity index (χ0v) is 9.26. The minimum absolute atomic E-state index is 0.719. The third-order valence-corrected chi connectivity index (χ3v) is 4.12. The van der Waals surface area contributed by atoms with Crippen molar-refractivity contribution in [2.75, 3.05) is 0 Å². The first-order valence-electron chi connectivity index (χ1n) is 5.48. The second-order valence-electron chi connectivity index (χ2n) is 4.18. The van der Waals surface area contributed by atoms with Crippen LogP contribution < -0.4 is 0 Å². The molecule has 0 aromatic carbocycles. The highest BCUT2D eigenvalue weighted by Crippen LogP contribution is 2.42. The summed E-state index contributed by atoms with van der Waals surface area (Å²) >= 11 is 1.92. The molecule has 0 saturated heterocycles. The van der Waals surface area contributed by atoms with Gasteiger partial charge in [-0.1, -0.05) is 11.8 Å². The molecule has 0 bridgehead atoms. The first kappa shape index (κ1) is 8.77. The van der Waals surface area contributed by atoms with Crippen molar-refractivity contribution in [1.29, 1.82) is 0 Å². The zero-order chi connectivity index (χ0) is 9.54. The molecule has 76 valence electrons. The third-order valence-electron chi connectivity index (χ3n) is 2.80. The van der Waals surface area contributed by atoms with Crippen LogP contribution in [0.15, 0.2) is 5.16 Å². The molecule has 0 amide bonds. The molecule has 2 saturated carbocycles. The second kappa shape index (κ2) is 3.26. The molecule has 2 aliphatic rings. The summed E-state index contributed by atoms with van der Waals surface area (Å²) in [5, 5.41) is 10.6. The monoisotopic (exact) mass is 209 g/mol. The normalized spacial score (nSPS) is 21.5. The summed E-state index contributed by atoms with van der Waals surface area (Å²) in [5.41, 5.74) is 0. The largest absolute Gasteiger partial charge is 0.306 e. The van der Waals surface area contributed by atoms with Gasteiger partial charge in [0, 0.05) is 17.7 Å². The third kappa shape index (κ3) is 1.56. The van der Waals surface area contributed by atoms with E-state index in [2.05, 4.69) is 21.7 Å². The van der Waals surface area contributed by atoms with Gasteiger partial charge in [0.15, 0.2) is 5.16 Å². The molecule has 2 fully saturated rings. The number of nitrogens with zero attached hydrogens (tertiary/aromatic N) is 3. The van der Waals surface area contributed by atoms with Crippen LogP contribution in [0.5, 0.6) is 0 Å². The lowest BCUT2D eigenvalue weighted by molar-refractivity contribution is 0.643. The van der Waals surface area contributed by atoms with Crippen LogP contribution in [0.2, 0.25) is 0 Å². The van der Waals surface area contributed by atoms with Crippen molar-refractivity contribution in [3.63, 3.8) is 0 Å². The van der Waals surface area contributed by atoms with E-state index < -0.39 is 0 Å². The van der Waals surface area contributed by atoms with Crippen molar-refractivity contribution in [3.05, 3.63) is 5.82 Å². The fourth-order valence-electron chi connectivity index (χ4n) is 1.66. The molecule has 0 radical (unpaired) electrons. The van der Waals surface area contributed by atoms with Crippen molar-refractivity contribution in [2.45, 2.75) is 55.5 Å². The molecule has 0 atom stereocenters. The Hall–Kier alpha value is -0.510. The van der Waals surface area contributed by atoms with Crippen LogP contribution in [0.4, 0.5) is 0 Å². The van der Waals surface area contributed by atoms with E-state index in [9.17, 15) is 0 Å². The Bertz CT molecular complexity index is 339. The molecule has 0 aliphatic heterocycles. The highest BCUT2D eigenvalue weighted by Gasteiger charge is 2.31. The molecule has 0 N–H and O–H groups in total. The molecular formula is C10H15N3S. The van der Waals surface area contributed by atoms with E-state index in [-0.39, 0.29) is 0 Å². The molecule has 3 rings (SSSR count). The minimum atomic E-state index is 0.719. The Balaban J connectivity index is 1.85. The number of hydrogen-bond donors (Lipinski definition) is 0. The maximum Gasteiger partial charge on any atom is 0.191 e. The van der Waals surface area contributed by atoms with Gasteiger partial charge in [-0.15, -0.1) is 10.2 Å². The Morgan fingerprint density at radius 3 is 2.64 bits per heavy atom. The maximum absolute atomic E-state index is 4.32. The van der Waals surface area contributed by atoms with Crippen LogP contribution >= 0.6 is 11.8 Å². The van der Waals surface area contributed by atoms with E-state index in [4.69, 9.17) is 0 Å². The van der Waals surface area contributed by atoms with Gasteiger partial charge in [-0.3, -0.25) is 0 Å². The molecule has 1 aromatic rings. The van der Waals surface area contributed by atoms with Gasteiger partial charge in [-0.05, 0) is 32.6 Å². The predicted octanol–water partition coefficient (Wildman–Crippen LogP) is 2.43. The fraction of sp³-hybridized carbons (Fsp3) is 0.800. The summed E-state index contributed by atoms with van der Waals surface area (Å²) in [5.74, 6) is 1.95. The molecular weight excluding hydrogens is 194 g/mol. The Kier molecular flexibility index (Phi) is 2.04. The SMILES string of the molecule is CCn1c(SC2CC2)nnc1C1CC1. The van der Waals surface area contributed by atoms with E-state index in [0.717, 1.165) is 22.9 Å². The van der Waals surface area contributed by atoms with Crippen LogP contribution in [-0.4, -0.2) is 20.0 Å². The summed E-state index contributed by atoms with van der Waals surface area (Å²) in [6.45, 7) is 3.21. The number of thioether (sulfide) groups is 1. The van der Waals surface area contributed by atoms with E-state index >= 15 is 0 Å². The van der Waals surface area contributed by atoms with E-state index in [1.165, 1.54) is 31.5 Å². The van der Waals surface area contributed by atoms with Gasteiger partial charge >= 0.3 is 0 Å². The average molecular weight is 209 g/mol. The Morgan fingerprint density at radius 2 is 2.07 bits per heavy atom. The van der Waals surface area contributed by atoms with Crippen molar-refractivity contribution in [2.24, 2.45) is 0 Å². The van der Waals surface area contributed by atoms with Crippen molar-refractivity contribution >= 4 is 11.8 Å². The minimum Gasteiger partial charge on any atom is -0.306 e. The summed E-state index contributed by atoms with van der Waals surface area (Å²) in [6.07, 6.45) is 5.35. The molecule has 4 heteroatoms. The highest BCUT2D eigenvalue weighted by atomic mass is 32.2. The van der Waals surface area contributed by atoms with Crippen LogP contribution in [-0.2, 0) is 6.54 Å². The smallest absolute Gasteiger partial charge is 0.191 e. The zero-order valence-electron chi connectivity index (χ0n) is 8.44. The average Bonchev–Trinajstić information content (AvgIpc) is 3.05. The second-order valence-corrected chi connectivity index (χ2v) is 5.44. The van der Waals surface area contributed by atoms with Gasteiger partial charge in [-0.2, -0.15) is 0 Å². The summed E-state index contributed by atoms with van der Waals surface area (Å²) in [6, 6.07) is 0. The number of aromatic nitrogens is 3. The quantitative estimate of drug-likeness (QED) is 0.763. The van der Waals surface area contributed by atoms with Crippen LogP contribution in [0.1, 0.15) is 44.3 Å². The van der Waals surface area contributed by atoms with Crippen molar-refractivity contribution in [3.8, 4) is 0 Å². The lowest BCUT2D eigenvalue weighted by Crippen LogP contribution is -2.02. The fourth-order valence-corrected chi connectivity index (χ4v) is 2.77. The van der Waals surface area contributed by atoms with Gasteiger partial charge in [0.2, 0.25) is 0 Å². The topological polar surface area (TPSA) is 30.7 Å². The molecule has 1 heterocycles. The summed E-state index contributed by atoms with van der Waals surface area (Å²) in [4.78, 5) is 0. The summed E-state index contributed by atoms with van der Waals surface area (Å²) < 4.78 is 2.31. The van der Waals surface area contributed by atoms with Crippen LogP contribution in [0, 0.1) is 0 Å². The molecule has 0 spiro atoms. The highest BCUT2D eigenvalue weighted by molar-refractivity contribution is 8.00. The standard InChI is InChI=1S/C10H15N3S/c1-2-13-9(7-3-4-7)11-12-10(13)14-8-5-6-8/h7-8H,2-6H2,1H3. The van der Waals surface area contributed by atoms with Gasteiger partial charge < -0.3 is 4.57 Å². The van der Waals surface area contributed by atoms with E-state index in [1.54, 1.807) is 0 Å². The van der Waals surface area contributed by atoms with Gasteiger partial charge in [0.1, 0.15) is 5.82 Å². The van der Waals surface area contributed by atoms with Crippen molar-refractivity contribution < 1.29 is 0 Å². The molecule has 0 unspecified atom stereocenters. The lowest BCUT2D eigenvalue weighted by atomic mass is 10.4. The Labute approximate surface area is 88.3 Å². The first-order chi connectivity index (χ1) is 6.88. The molecule has 2 aliphatic carbocycles. The first-order valence-corrected chi connectivity index (χ1v) is 6.36. The summed E-state index contributed by atoms with van der Waals surface area (Å²) in [7, 11) is 0. The molecule has 1 aromatic heterocycles. The molecule has 14 heavy (non-hydrogen) atoms. The van der Waals surface area contributed by atoms with Crippen LogP contribution in [0.25, 0.3) is 0 Å². The number of rotatable bonds is 4. The lowest BCUT2D eigenvalue weighted by Gasteiger charge is -2.05. The van der Waals surface area contributed by atoms with Gasteiger partial charge in [0.25, 0.3) is 0 Å². The molecule has 3 nitrogen and oxygen atoms in total. The van der Waals surface area contributed by atoms with Gasteiger partial charge in [-0.25, -0.2) is 0 Å². The van der Waals surface area contributed by atoms with E-state index in [1.807, 2.05) is 11.8 Å². The van der Waals surface area contributed by atoms with E-state index in [0.29, 0.717) is 0 Å². The maximum atomic E-state index is 4.32. The van der Waals surface area contributed by atoms with Crippen molar-refractivity contribution in [1.82, 2.24) is 14.8 Å². The van der Waals surface area contributed by atoms with Crippen LogP contribution in [0.3, 0.4) is 0 Å². The predicted molar refractivity (Wildman–Crippen MR) is 56.6 cm³/mol.